The normalized spacial score (nSPS) is 32.0. The number of halogens is 1. The van der Waals surface area contributed by atoms with Crippen LogP contribution >= 0.6 is 11.6 Å². The molecule has 6 atom stereocenters. The average Bonchev–Trinajstić information content (AvgIpc) is 3.30. The van der Waals surface area contributed by atoms with Crippen molar-refractivity contribution in [1.29, 1.82) is 0 Å². The molecule has 2 aromatic rings. The van der Waals surface area contributed by atoms with Crippen LogP contribution in [0, 0.1) is 36.5 Å². The summed E-state index contributed by atoms with van der Waals surface area (Å²) in [5.41, 5.74) is 12.3. The zero-order chi connectivity index (χ0) is 22.3. The third-order valence-corrected chi connectivity index (χ3v) is 8.01. The van der Waals surface area contributed by atoms with Gasteiger partial charge in [0.15, 0.2) is 0 Å². The van der Waals surface area contributed by atoms with Crippen LogP contribution in [0.25, 0.3) is 11.1 Å². The van der Waals surface area contributed by atoms with E-state index in [-0.39, 0.29) is 10.8 Å². The number of anilines is 2. The fourth-order valence-corrected chi connectivity index (χ4v) is 6.23. The number of nitrogens with one attached hydrogen (secondary N) is 1. The van der Waals surface area contributed by atoms with E-state index in [1.54, 1.807) is 0 Å². The highest BCUT2D eigenvalue weighted by Gasteiger charge is 2.64. The van der Waals surface area contributed by atoms with Gasteiger partial charge in [0.2, 0.25) is 0 Å². The fourth-order valence-electron chi connectivity index (χ4n) is 5.74. The van der Waals surface area contributed by atoms with Crippen LogP contribution in [0.4, 0.5) is 11.4 Å². The summed E-state index contributed by atoms with van der Waals surface area (Å²) in [6.07, 6.45) is 7.29. The van der Waals surface area contributed by atoms with Gasteiger partial charge in [0.25, 0.3) is 0 Å². The van der Waals surface area contributed by atoms with E-state index in [0.717, 1.165) is 23.0 Å². The number of benzene rings is 2. The van der Waals surface area contributed by atoms with Crippen molar-refractivity contribution in [3.05, 3.63) is 72.5 Å². The Hall–Kier alpha value is -2.19. The lowest BCUT2D eigenvalue weighted by atomic mass is 9.76. The summed E-state index contributed by atoms with van der Waals surface area (Å²) < 4.78 is 0. The smallest absolute Gasteiger partial charge is 0.0545 e. The molecule has 3 heteroatoms. The molecule has 1 fully saturated rings. The van der Waals surface area contributed by atoms with Gasteiger partial charge in [-0.2, -0.15) is 0 Å². The van der Waals surface area contributed by atoms with Gasteiger partial charge >= 0.3 is 0 Å². The minimum absolute atomic E-state index is 0.233. The van der Waals surface area contributed by atoms with Crippen LogP contribution in [0.1, 0.15) is 39.2 Å². The lowest BCUT2D eigenvalue weighted by Gasteiger charge is -2.29. The Balaban J connectivity index is 1.49. The second-order valence-electron chi connectivity index (χ2n) is 9.79. The Kier molecular flexibility index (Phi) is 5.96. The number of alkyl halides is 1. The van der Waals surface area contributed by atoms with Crippen molar-refractivity contribution in [2.75, 3.05) is 11.1 Å². The third kappa shape index (κ3) is 4.28. The van der Waals surface area contributed by atoms with Gasteiger partial charge in [-0.15, -0.1) is 11.6 Å². The van der Waals surface area contributed by atoms with Crippen LogP contribution in [0.5, 0.6) is 0 Å². The molecule has 0 amide bonds. The van der Waals surface area contributed by atoms with Crippen LogP contribution < -0.4 is 11.1 Å². The van der Waals surface area contributed by atoms with Crippen molar-refractivity contribution in [3.8, 4) is 11.1 Å². The highest BCUT2D eigenvalue weighted by molar-refractivity contribution is 6.26. The summed E-state index contributed by atoms with van der Waals surface area (Å²) in [6.45, 7) is 13.3. The van der Waals surface area contributed by atoms with Gasteiger partial charge in [-0.05, 0) is 91.3 Å². The summed E-state index contributed by atoms with van der Waals surface area (Å²) in [5.74, 6) is 2.67. The molecule has 0 aromatic heterocycles. The SMILES string of the molecule is C=C(Nc1cccc(-c2ccc(N)cc2C)c1)C1C([C@@H]2C=CC(CC)C(C)C2)C1(C)Cl. The second kappa shape index (κ2) is 8.39. The first-order chi connectivity index (χ1) is 14.7. The van der Waals surface area contributed by atoms with E-state index in [1.165, 1.54) is 29.5 Å². The number of rotatable bonds is 6. The lowest BCUT2D eigenvalue weighted by molar-refractivity contribution is 0.302. The van der Waals surface area contributed by atoms with E-state index in [4.69, 9.17) is 17.3 Å². The number of nitrogen functional groups attached to an aromatic ring is 1. The molecule has 31 heavy (non-hydrogen) atoms. The van der Waals surface area contributed by atoms with Crippen molar-refractivity contribution in [1.82, 2.24) is 0 Å². The van der Waals surface area contributed by atoms with Crippen LogP contribution in [0.3, 0.4) is 0 Å². The molecule has 0 heterocycles. The van der Waals surface area contributed by atoms with Gasteiger partial charge in [0.05, 0.1) is 4.87 Å². The standard InChI is InChI=1S/C28H35ClN2/c1-6-20-10-11-22(14-17(20)2)27-26(28(27,5)29)19(4)31-24-9-7-8-21(16-24)25-13-12-23(30)15-18(25)3/h7-13,15-17,20,22,26-27,31H,4,6,14,30H2,1-3,5H3/t17?,20?,22-,26?,27?,28?/m1/s1. The molecular formula is C28H35ClN2. The number of hydrogen-bond acceptors (Lipinski definition) is 2. The van der Waals surface area contributed by atoms with E-state index in [1.807, 2.05) is 12.1 Å². The van der Waals surface area contributed by atoms with Gasteiger partial charge in [-0.3, -0.25) is 0 Å². The Bertz CT molecular complexity index is 1010. The molecule has 2 aliphatic carbocycles. The van der Waals surface area contributed by atoms with Gasteiger partial charge in [-0.1, -0.05) is 50.8 Å². The topological polar surface area (TPSA) is 38.0 Å². The number of nitrogens with two attached hydrogens (primary N) is 1. The molecule has 0 radical (unpaired) electrons. The summed E-state index contributed by atoms with van der Waals surface area (Å²) >= 11 is 7.00. The van der Waals surface area contributed by atoms with E-state index < -0.39 is 0 Å². The minimum atomic E-state index is -0.233. The molecule has 3 N–H and O–H groups in total. The van der Waals surface area contributed by atoms with Crippen molar-refractivity contribution >= 4 is 23.0 Å². The predicted octanol–water partition coefficient (Wildman–Crippen LogP) is 7.65. The fraction of sp³-hybridized carbons (Fsp3) is 0.429. The van der Waals surface area contributed by atoms with Crippen LogP contribution in [-0.4, -0.2) is 4.87 Å². The molecule has 0 bridgehead atoms. The molecule has 5 unspecified atom stereocenters. The molecule has 1 saturated carbocycles. The highest BCUT2D eigenvalue weighted by Crippen LogP contribution is 2.64. The molecule has 2 aromatic carbocycles. The van der Waals surface area contributed by atoms with Crippen LogP contribution in [0.2, 0.25) is 0 Å². The van der Waals surface area contributed by atoms with Crippen molar-refractivity contribution in [3.63, 3.8) is 0 Å². The predicted molar refractivity (Wildman–Crippen MR) is 135 cm³/mol. The number of hydrogen-bond donors (Lipinski definition) is 2. The van der Waals surface area contributed by atoms with Crippen LogP contribution in [-0.2, 0) is 0 Å². The zero-order valence-corrected chi connectivity index (χ0v) is 19.9. The van der Waals surface area contributed by atoms with Crippen molar-refractivity contribution in [2.24, 2.45) is 29.6 Å². The molecule has 164 valence electrons. The summed E-state index contributed by atoms with van der Waals surface area (Å²) in [4.78, 5) is -0.233. The number of aryl methyl sites for hydroxylation is 1. The maximum Gasteiger partial charge on any atom is 0.0545 e. The molecule has 2 aliphatic rings. The maximum atomic E-state index is 7.00. The second-order valence-corrected chi connectivity index (χ2v) is 10.6. The highest BCUT2D eigenvalue weighted by atomic mass is 35.5. The zero-order valence-electron chi connectivity index (χ0n) is 19.2. The van der Waals surface area contributed by atoms with Gasteiger partial charge < -0.3 is 11.1 Å². The van der Waals surface area contributed by atoms with Crippen molar-refractivity contribution < 1.29 is 0 Å². The third-order valence-electron chi connectivity index (χ3n) is 7.53. The largest absolute Gasteiger partial charge is 0.399 e. The minimum Gasteiger partial charge on any atom is -0.399 e. The van der Waals surface area contributed by atoms with E-state index >= 15 is 0 Å². The van der Waals surface area contributed by atoms with E-state index in [0.29, 0.717) is 17.8 Å². The van der Waals surface area contributed by atoms with Gasteiger partial charge in [-0.25, -0.2) is 0 Å². The number of allylic oxidation sites excluding steroid dienone is 3. The first-order valence-electron chi connectivity index (χ1n) is 11.5. The first-order valence-corrected chi connectivity index (χ1v) is 11.9. The Labute approximate surface area is 192 Å². The van der Waals surface area contributed by atoms with Gasteiger partial charge in [0.1, 0.15) is 0 Å². The molecule has 0 saturated heterocycles. The maximum absolute atomic E-state index is 7.00. The Morgan fingerprint density at radius 1 is 1.23 bits per heavy atom. The van der Waals surface area contributed by atoms with Gasteiger partial charge in [0, 0.05) is 23.0 Å². The monoisotopic (exact) mass is 434 g/mol. The molecule has 2 nitrogen and oxygen atoms in total. The summed E-state index contributed by atoms with van der Waals surface area (Å²) in [7, 11) is 0. The quantitative estimate of drug-likeness (QED) is 0.278. The van der Waals surface area contributed by atoms with Crippen molar-refractivity contribution in [2.45, 2.75) is 45.4 Å². The lowest BCUT2D eigenvalue weighted by Crippen LogP contribution is -2.20. The average molecular weight is 435 g/mol. The Morgan fingerprint density at radius 3 is 2.68 bits per heavy atom. The van der Waals surface area contributed by atoms with E-state index in [9.17, 15) is 0 Å². The molecular weight excluding hydrogens is 400 g/mol. The molecule has 0 aliphatic heterocycles. The van der Waals surface area contributed by atoms with Crippen LogP contribution in [0.15, 0.2) is 66.9 Å². The molecule has 4 rings (SSSR count). The summed E-state index contributed by atoms with van der Waals surface area (Å²) in [6, 6.07) is 14.6. The van der Waals surface area contributed by atoms with E-state index in [2.05, 4.69) is 82.1 Å². The first kappa shape index (κ1) is 22.0. The Morgan fingerprint density at radius 2 is 2.00 bits per heavy atom. The molecule has 0 spiro atoms. The summed E-state index contributed by atoms with van der Waals surface area (Å²) in [5, 5.41) is 3.57.